The Morgan fingerprint density at radius 2 is 2.10 bits per heavy atom. The van der Waals surface area contributed by atoms with Crippen molar-refractivity contribution < 1.29 is 18.6 Å². The van der Waals surface area contributed by atoms with E-state index in [4.69, 9.17) is 4.74 Å². The Kier molecular flexibility index (Phi) is 6.08. The third-order valence-electron chi connectivity index (χ3n) is 3.92. The highest BCUT2D eigenvalue weighted by atomic mass is 19.1. The molecule has 118 valence electrons. The third kappa shape index (κ3) is 4.46. The Morgan fingerprint density at radius 3 is 2.76 bits per heavy atom. The summed E-state index contributed by atoms with van der Waals surface area (Å²) in [7, 11) is 0. The first-order valence-electron chi connectivity index (χ1n) is 7.53. The molecule has 0 aliphatic carbocycles. The van der Waals surface area contributed by atoms with Crippen molar-refractivity contribution in [3.8, 4) is 0 Å². The van der Waals surface area contributed by atoms with E-state index in [-0.39, 0.29) is 12.1 Å². The normalized spacial score (nSPS) is 21.4. The molecule has 5 heteroatoms. The number of β-amino-alcohol motifs (C(OH)–C–C–N with tert-alkyl or cyclic N) is 1. The number of halogens is 2. The van der Waals surface area contributed by atoms with Crippen LogP contribution < -0.4 is 0 Å². The maximum Gasteiger partial charge on any atom is 0.131 e. The fraction of sp³-hybridized carbons (Fsp3) is 0.625. The Hall–Kier alpha value is -1.04. The second-order valence-corrected chi connectivity index (χ2v) is 5.58. The zero-order chi connectivity index (χ0) is 15.2. The highest BCUT2D eigenvalue weighted by molar-refractivity contribution is 5.22. The highest BCUT2D eigenvalue weighted by Gasteiger charge is 2.25. The minimum Gasteiger partial charge on any atom is -0.387 e. The minimum atomic E-state index is -1.14. The lowest BCUT2D eigenvalue weighted by Crippen LogP contribution is -2.39. The molecule has 2 unspecified atom stereocenters. The van der Waals surface area contributed by atoms with Crippen molar-refractivity contribution in [2.45, 2.75) is 25.9 Å². The second kappa shape index (κ2) is 7.82. The molecule has 21 heavy (non-hydrogen) atoms. The van der Waals surface area contributed by atoms with Crippen LogP contribution in [0.15, 0.2) is 18.2 Å². The van der Waals surface area contributed by atoms with Gasteiger partial charge >= 0.3 is 0 Å². The van der Waals surface area contributed by atoms with Gasteiger partial charge in [-0.3, -0.25) is 0 Å². The molecule has 1 heterocycles. The van der Waals surface area contributed by atoms with Gasteiger partial charge in [-0.25, -0.2) is 8.78 Å². The van der Waals surface area contributed by atoms with Crippen molar-refractivity contribution in [2.75, 3.05) is 32.8 Å². The molecule has 1 aromatic rings. The van der Waals surface area contributed by atoms with Crippen LogP contribution in [0.4, 0.5) is 8.78 Å². The fourth-order valence-corrected chi connectivity index (χ4v) is 2.90. The zero-order valence-corrected chi connectivity index (χ0v) is 12.4. The quantitative estimate of drug-likeness (QED) is 0.877. The first kappa shape index (κ1) is 16.3. The van der Waals surface area contributed by atoms with E-state index >= 15 is 0 Å². The van der Waals surface area contributed by atoms with Crippen molar-refractivity contribution in [2.24, 2.45) is 5.92 Å². The number of rotatable bonds is 6. The fourth-order valence-electron chi connectivity index (χ4n) is 2.90. The van der Waals surface area contributed by atoms with Crippen molar-refractivity contribution >= 4 is 0 Å². The van der Waals surface area contributed by atoms with Crippen molar-refractivity contribution in [3.05, 3.63) is 35.4 Å². The number of ether oxygens (including phenoxy) is 1. The lowest BCUT2D eigenvalue weighted by Gasteiger charge is -2.33. The lowest BCUT2D eigenvalue weighted by atomic mass is 9.98. The summed E-state index contributed by atoms with van der Waals surface area (Å²) in [6.45, 7) is 5.26. The molecule has 0 bridgehead atoms. The molecule has 1 aliphatic rings. The van der Waals surface area contributed by atoms with Gasteiger partial charge in [-0.1, -0.05) is 6.07 Å². The molecule has 1 N–H and O–H groups in total. The molecule has 1 fully saturated rings. The molecule has 0 saturated carbocycles. The number of aliphatic hydroxyl groups is 1. The van der Waals surface area contributed by atoms with E-state index in [0.29, 0.717) is 19.1 Å². The van der Waals surface area contributed by atoms with Gasteiger partial charge in [0.05, 0.1) is 18.3 Å². The summed E-state index contributed by atoms with van der Waals surface area (Å²) in [5, 5.41) is 10.1. The summed E-state index contributed by atoms with van der Waals surface area (Å²) in [6, 6.07) is 3.66. The number of benzene rings is 1. The third-order valence-corrected chi connectivity index (χ3v) is 3.92. The molecule has 0 radical (unpaired) electrons. The first-order chi connectivity index (χ1) is 10.1. The van der Waals surface area contributed by atoms with Crippen LogP contribution in [0.1, 0.15) is 31.4 Å². The van der Waals surface area contributed by atoms with Gasteiger partial charge in [0.2, 0.25) is 0 Å². The molecular formula is C16H23F2NO2. The van der Waals surface area contributed by atoms with Gasteiger partial charge < -0.3 is 14.7 Å². The number of hydrogen-bond acceptors (Lipinski definition) is 3. The van der Waals surface area contributed by atoms with Crippen molar-refractivity contribution in [3.63, 3.8) is 0 Å². The maximum absolute atomic E-state index is 13.7. The van der Waals surface area contributed by atoms with Gasteiger partial charge in [0.25, 0.3) is 0 Å². The van der Waals surface area contributed by atoms with E-state index in [2.05, 4.69) is 4.90 Å². The number of aliphatic hydroxyl groups excluding tert-OH is 1. The van der Waals surface area contributed by atoms with Gasteiger partial charge in [-0.15, -0.1) is 0 Å². The summed E-state index contributed by atoms with van der Waals surface area (Å²) in [5.41, 5.74) is -0.232. The minimum absolute atomic E-state index is 0.232. The SMILES string of the molecule is CCOCC1CCCN(CC(O)c2c(F)cccc2F)C1. The molecule has 3 nitrogen and oxygen atoms in total. The van der Waals surface area contributed by atoms with E-state index in [1.54, 1.807) is 0 Å². The Bertz CT molecular complexity index is 436. The summed E-state index contributed by atoms with van der Waals surface area (Å²) in [6.07, 6.45) is 0.974. The van der Waals surface area contributed by atoms with Gasteiger partial charge in [0.1, 0.15) is 11.6 Å². The first-order valence-corrected chi connectivity index (χ1v) is 7.53. The molecule has 1 aromatic carbocycles. The molecular weight excluding hydrogens is 276 g/mol. The predicted octanol–water partition coefficient (Wildman–Crippen LogP) is 2.75. The van der Waals surface area contributed by atoms with Crippen molar-refractivity contribution in [1.82, 2.24) is 4.90 Å². The van der Waals surface area contributed by atoms with Gasteiger partial charge in [-0.2, -0.15) is 0 Å². The smallest absolute Gasteiger partial charge is 0.131 e. The predicted molar refractivity (Wildman–Crippen MR) is 77.0 cm³/mol. The Labute approximate surface area is 124 Å². The molecule has 2 atom stereocenters. The van der Waals surface area contributed by atoms with Crippen LogP contribution in [0.5, 0.6) is 0 Å². The largest absolute Gasteiger partial charge is 0.387 e. The number of nitrogens with zero attached hydrogens (tertiary/aromatic N) is 1. The van der Waals surface area contributed by atoms with Crippen LogP contribution in [0.2, 0.25) is 0 Å². The van der Waals surface area contributed by atoms with E-state index < -0.39 is 17.7 Å². The van der Waals surface area contributed by atoms with Crippen LogP contribution in [-0.4, -0.2) is 42.9 Å². The average Bonchev–Trinajstić information content (AvgIpc) is 2.45. The van der Waals surface area contributed by atoms with E-state index in [1.165, 1.54) is 18.2 Å². The van der Waals surface area contributed by atoms with Crippen LogP contribution in [0.25, 0.3) is 0 Å². The summed E-state index contributed by atoms with van der Waals surface area (Å²) >= 11 is 0. The van der Waals surface area contributed by atoms with Crippen LogP contribution >= 0.6 is 0 Å². The van der Waals surface area contributed by atoms with Gasteiger partial charge in [0, 0.05) is 19.7 Å². The van der Waals surface area contributed by atoms with Gasteiger partial charge in [-0.05, 0) is 44.4 Å². The standard InChI is InChI=1S/C16H23F2NO2/c1-2-21-11-12-5-4-8-19(9-12)10-15(20)16-13(17)6-3-7-14(16)18/h3,6-7,12,15,20H,2,4-5,8-11H2,1H3. The second-order valence-electron chi connectivity index (χ2n) is 5.58. The average molecular weight is 299 g/mol. The van der Waals surface area contributed by atoms with Crippen LogP contribution in [-0.2, 0) is 4.74 Å². The summed E-state index contributed by atoms with van der Waals surface area (Å²) < 4.78 is 32.8. The highest BCUT2D eigenvalue weighted by Crippen LogP contribution is 2.24. The van der Waals surface area contributed by atoms with E-state index in [1.807, 2.05) is 6.92 Å². The topological polar surface area (TPSA) is 32.7 Å². The molecule has 0 spiro atoms. The monoisotopic (exact) mass is 299 g/mol. The molecule has 2 rings (SSSR count). The lowest BCUT2D eigenvalue weighted by molar-refractivity contribution is 0.0425. The van der Waals surface area contributed by atoms with Gasteiger partial charge in [0.15, 0.2) is 0 Å². The van der Waals surface area contributed by atoms with E-state index in [9.17, 15) is 13.9 Å². The van der Waals surface area contributed by atoms with Crippen LogP contribution in [0.3, 0.4) is 0 Å². The van der Waals surface area contributed by atoms with Crippen molar-refractivity contribution in [1.29, 1.82) is 0 Å². The maximum atomic E-state index is 13.7. The Balaban J connectivity index is 1.94. The summed E-state index contributed by atoms with van der Waals surface area (Å²) in [5.74, 6) is -0.952. The van der Waals surface area contributed by atoms with E-state index in [0.717, 1.165) is 25.9 Å². The summed E-state index contributed by atoms with van der Waals surface area (Å²) in [4.78, 5) is 2.06. The number of likely N-dealkylation sites (tertiary alicyclic amines) is 1. The molecule has 0 aromatic heterocycles. The van der Waals surface area contributed by atoms with Crippen LogP contribution in [0, 0.1) is 17.6 Å². The Morgan fingerprint density at radius 1 is 1.38 bits per heavy atom. The molecule has 1 saturated heterocycles. The number of hydrogen-bond donors (Lipinski definition) is 1. The zero-order valence-electron chi connectivity index (χ0n) is 12.4. The molecule has 1 aliphatic heterocycles. The molecule has 0 amide bonds. The number of piperidine rings is 1.